The molecule has 0 aromatic heterocycles. The summed E-state index contributed by atoms with van der Waals surface area (Å²) >= 11 is 10.8. The maximum Gasteiger partial charge on any atom is 0.451 e. The van der Waals surface area contributed by atoms with E-state index in [4.69, 9.17) is 23.2 Å². The first kappa shape index (κ1) is 15.0. The zero-order valence-electron chi connectivity index (χ0n) is 8.81. The number of allylic oxidation sites excluding steroid dienone is 2. The molecule has 2 aliphatic rings. The van der Waals surface area contributed by atoms with Crippen LogP contribution in [-0.2, 0) is 0 Å². The van der Waals surface area contributed by atoms with Crippen LogP contribution in [0, 0.1) is 0 Å². The quantitative estimate of drug-likeness (QED) is 0.609. The van der Waals surface area contributed by atoms with Crippen molar-refractivity contribution in [3.8, 4) is 0 Å². The highest BCUT2D eigenvalue weighted by molar-refractivity contribution is 6.75. The van der Waals surface area contributed by atoms with Crippen LogP contribution in [0.3, 0.4) is 0 Å². The number of hydrogen-bond donors (Lipinski definition) is 0. The lowest BCUT2D eigenvalue weighted by Crippen LogP contribution is -2.19. The third-order valence-electron chi connectivity index (χ3n) is 1.97. The maximum atomic E-state index is 12.4. The molecule has 0 bridgehead atoms. The summed E-state index contributed by atoms with van der Waals surface area (Å²) in [6, 6.07) is 0. The van der Waals surface area contributed by atoms with Crippen LogP contribution in [0.15, 0.2) is 31.4 Å². The number of nitrogens with zero attached hydrogens (tertiary/aromatic N) is 4. The van der Waals surface area contributed by atoms with Crippen molar-refractivity contribution in [2.45, 2.75) is 12.4 Å². The van der Waals surface area contributed by atoms with Gasteiger partial charge in [-0.15, -0.1) is 0 Å². The van der Waals surface area contributed by atoms with E-state index in [-0.39, 0.29) is 0 Å². The van der Waals surface area contributed by atoms with E-state index in [0.717, 1.165) is 0 Å². The molecule has 108 valence electrons. The third-order valence-corrected chi connectivity index (χ3v) is 2.49. The fourth-order valence-electron chi connectivity index (χ4n) is 1.20. The van der Waals surface area contributed by atoms with Gasteiger partial charge in [-0.1, -0.05) is 23.2 Å². The zero-order chi connectivity index (χ0) is 15.3. The van der Waals surface area contributed by atoms with Gasteiger partial charge in [-0.05, 0) is 0 Å². The van der Waals surface area contributed by atoms with Gasteiger partial charge in [-0.25, -0.2) is 20.0 Å². The van der Waals surface area contributed by atoms with Gasteiger partial charge in [-0.2, -0.15) is 26.3 Å². The van der Waals surface area contributed by atoms with Crippen molar-refractivity contribution in [3.05, 3.63) is 11.4 Å². The van der Waals surface area contributed by atoms with Gasteiger partial charge in [0.15, 0.2) is 10.3 Å². The molecule has 0 saturated carbocycles. The molecule has 0 aliphatic carbocycles. The molecule has 2 heterocycles. The Morgan fingerprint density at radius 3 is 1.10 bits per heavy atom. The summed E-state index contributed by atoms with van der Waals surface area (Å²) in [5, 5.41) is -1.54. The topological polar surface area (TPSA) is 49.4 Å². The van der Waals surface area contributed by atoms with Crippen molar-refractivity contribution in [2.75, 3.05) is 0 Å². The van der Waals surface area contributed by atoms with E-state index < -0.39 is 45.8 Å². The molecule has 0 fully saturated rings. The Morgan fingerprint density at radius 2 is 0.900 bits per heavy atom. The largest absolute Gasteiger partial charge is 0.451 e. The molecule has 2 aliphatic heterocycles. The first-order valence-electron chi connectivity index (χ1n) is 4.55. The van der Waals surface area contributed by atoms with Crippen LogP contribution in [0.5, 0.6) is 0 Å². The Morgan fingerprint density at radius 1 is 0.600 bits per heavy atom. The second-order valence-corrected chi connectivity index (χ2v) is 4.08. The molecule has 0 aromatic carbocycles. The molecular weight excluding hydrogens is 337 g/mol. The standard InChI is InChI=1S/C8Cl2F6N4/c9-3-1(17-5(19-3)7(11,12)13)2-4(10)20-6(18-2)8(14,15)16/b2-1-. The zero-order valence-corrected chi connectivity index (χ0v) is 10.3. The highest BCUT2D eigenvalue weighted by Crippen LogP contribution is 2.32. The molecule has 20 heavy (non-hydrogen) atoms. The van der Waals surface area contributed by atoms with Crippen molar-refractivity contribution < 1.29 is 26.3 Å². The first-order chi connectivity index (χ1) is 9.00. The summed E-state index contributed by atoms with van der Waals surface area (Å²) in [6.07, 6.45) is -9.80. The summed E-state index contributed by atoms with van der Waals surface area (Å²) < 4.78 is 74.2. The van der Waals surface area contributed by atoms with Crippen LogP contribution >= 0.6 is 23.2 Å². The molecule has 0 unspecified atom stereocenters. The van der Waals surface area contributed by atoms with Crippen LogP contribution < -0.4 is 0 Å². The van der Waals surface area contributed by atoms with Gasteiger partial charge in [0.1, 0.15) is 11.4 Å². The second-order valence-electron chi connectivity index (χ2n) is 3.37. The molecule has 0 spiro atoms. The molecule has 0 aromatic rings. The lowest BCUT2D eigenvalue weighted by molar-refractivity contribution is -0.0603. The highest BCUT2D eigenvalue weighted by atomic mass is 35.5. The van der Waals surface area contributed by atoms with Crippen LogP contribution in [-0.4, -0.2) is 34.4 Å². The normalized spacial score (nSPS) is 23.6. The highest BCUT2D eigenvalue weighted by Gasteiger charge is 2.43. The summed E-state index contributed by atoms with van der Waals surface area (Å²) in [5.74, 6) is -3.21. The van der Waals surface area contributed by atoms with Crippen LogP contribution in [0.4, 0.5) is 26.3 Å². The molecule has 0 saturated heterocycles. The van der Waals surface area contributed by atoms with Crippen LogP contribution in [0.25, 0.3) is 0 Å². The molecule has 0 atom stereocenters. The number of amidine groups is 2. The van der Waals surface area contributed by atoms with Gasteiger partial charge in [0.25, 0.3) is 0 Å². The third kappa shape index (κ3) is 2.70. The minimum atomic E-state index is -4.90. The van der Waals surface area contributed by atoms with Gasteiger partial charge >= 0.3 is 12.4 Å². The van der Waals surface area contributed by atoms with E-state index in [2.05, 4.69) is 20.0 Å². The summed E-state index contributed by atoms with van der Waals surface area (Å²) in [4.78, 5) is 11.8. The number of halogens is 8. The number of aliphatic imine (C=N–C) groups is 4. The van der Waals surface area contributed by atoms with E-state index in [9.17, 15) is 26.3 Å². The second kappa shape index (κ2) is 4.55. The van der Waals surface area contributed by atoms with Gasteiger partial charge in [0.05, 0.1) is 0 Å². The fraction of sp³-hybridized carbons (Fsp3) is 0.250. The predicted octanol–water partition coefficient (Wildman–Crippen LogP) is 3.42. The van der Waals surface area contributed by atoms with Crippen LogP contribution in [0.2, 0.25) is 0 Å². The fourth-order valence-corrected chi connectivity index (χ4v) is 1.62. The average molecular weight is 337 g/mol. The van der Waals surface area contributed by atoms with E-state index in [1.165, 1.54) is 0 Å². The maximum absolute atomic E-state index is 12.4. The van der Waals surface area contributed by atoms with Crippen molar-refractivity contribution >= 4 is 45.2 Å². The minimum absolute atomic E-state index is 0.716. The summed E-state index contributed by atoms with van der Waals surface area (Å²) in [7, 11) is 0. The molecule has 0 N–H and O–H groups in total. The molecular formula is C8Cl2F6N4. The average Bonchev–Trinajstić information content (AvgIpc) is 2.80. The Hall–Kier alpha value is -1.42. The Kier molecular flexibility index (Phi) is 3.41. The van der Waals surface area contributed by atoms with Gasteiger partial charge < -0.3 is 0 Å². The summed E-state index contributed by atoms with van der Waals surface area (Å²) in [6.45, 7) is 0. The van der Waals surface area contributed by atoms with Gasteiger partial charge in [0.2, 0.25) is 11.7 Å². The van der Waals surface area contributed by atoms with Crippen molar-refractivity contribution in [1.82, 2.24) is 0 Å². The lowest BCUT2D eigenvalue weighted by atomic mass is 10.3. The van der Waals surface area contributed by atoms with Crippen molar-refractivity contribution in [2.24, 2.45) is 20.0 Å². The molecule has 2 rings (SSSR count). The monoisotopic (exact) mass is 336 g/mol. The summed E-state index contributed by atoms with van der Waals surface area (Å²) in [5.41, 5.74) is -1.43. The number of hydrogen-bond acceptors (Lipinski definition) is 4. The molecule has 0 amide bonds. The Labute approximate surface area is 116 Å². The van der Waals surface area contributed by atoms with Crippen molar-refractivity contribution in [1.29, 1.82) is 0 Å². The molecule has 12 heteroatoms. The lowest BCUT2D eigenvalue weighted by Gasteiger charge is -2.00. The van der Waals surface area contributed by atoms with Crippen LogP contribution in [0.1, 0.15) is 0 Å². The number of alkyl halides is 6. The smallest absolute Gasteiger partial charge is 0.219 e. The SMILES string of the molecule is FC(F)(F)C1=N/C(=C2\N=C(C(F)(F)F)N=C2Cl)C(Cl)=N1. The Bertz CT molecular complexity index is 568. The van der Waals surface area contributed by atoms with Gasteiger partial charge in [0, 0.05) is 0 Å². The van der Waals surface area contributed by atoms with Gasteiger partial charge in [-0.3, -0.25) is 0 Å². The van der Waals surface area contributed by atoms with E-state index in [1.54, 1.807) is 0 Å². The first-order valence-corrected chi connectivity index (χ1v) is 5.31. The molecule has 4 nitrogen and oxygen atoms in total. The van der Waals surface area contributed by atoms with E-state index in [1.807, 2.05) is 0 Å². The predicted molar refractivity (Wildman–Crippen MR) is 60.6 cm³/mol. The molecule has 0 radical (unpaired) electrons. The minimum Gasteiger partial charge on any atom is -0.219 e. The Balaban J connectivity index is 2.52. The van der Waals surface area contributed by atoms with Crippen molar-refractivity contribution in [3.63, 3.8) is 0 Å². The van der Waals surface area contributed by atoms with E-state index in [0.29, 0.717) is 0 Å². The number of rotatable bonds is 0. The van der Waals surface area contributed by atoms with E-state index >= 15 is 0 Å².